The third kappa shape index (κ3) is 5.79. The number of carbonyl (C=O) groups excluding carboxylic acids is 2. The molecule has 0 saturated heterocycles. The summed E-state index contributed by atoms with van der Waals surface area (Å²) in [6, 6.07) is 9.25. The Kier molecular flexibility index (Phi) is 8.90. The summed E-state index contributed by atoms with van der Waals surface area (Å²) >= 11 is 1.69. The molecule has 1 aliphatic rings. The van der Waals surface area contributed by atoms with Crippen LogP contribution in [0.1, 0.15) is 16.5 Å². The van der Waals surface area contributed by atoms with Crippen molar-refractivity contribution in [2.75, 3.05) is 60.8 Å². The van der Waals surface area contributed by atoms with Gasteiger partial charge in [0.05, 0.1) is 26.3 Å². The van der Waals surface area contributed by atoms with Crippen LogP contribution in [-0.2, 0) is 25.5 Å². The lowest BCUT2D eigenvalue weighted by Crippen LogP contribution is -2.49. The largest absolute Gasteiger partial charge is 0.493 e. The summed E-state index contributed by atoms with van der Waals surface area (Å²) in [4.78, 5) is 30.3. The molecule has 0 fully saturated rings. The summed E-state index contributed by atoms with van der Waals surface area (Å²) < 4.78 is 21.6. The molecule has 0 bridgehead atoms. The predicted molar refractivity (Wildman–Crippen MR) is 121 cm³/mol. The van der Waals surface area contributed by atoms with Crippen LogP contribution >= 0.6 is 11.3 Å². The minimum Gasteiger partial charge on any atom is -0.493 e. The molecule has 2 amide bonds. The fraction of sp³-hybridized carbons (Fsp3) is 0.478. The summed E-state index contributed by atoms with van der Waals surface area (Å²) in [5.74, 6) is 0.897. The van der Waals surface area contributed by atoms with Gasteiger partial charge in [0.1, 0.15) is 13.2 Å². The summed E-state index contributed by atoms with van der Waals surface area (Å²) in [5.41, 5.74) is 1.09. The lowest BCUT2D eigenvalue weighted by Gasteiger charge is -2.37. The van der Waals surface area contributed by atoms with Crippen LogP contribution in [0.3, 0.4) is 0 Å². The summed E-state index contributed by atoms with van der Waals surface area (Å²) in [6.45, 7) is 1.42. The van der Waals surface area contributed by atoms with E-state index < -0.39 is 0 Å². The molecule has 1 atom stereocenters. The molecule has 32 heavy (non-hydrogen) atoms. The number of amides is 2. The van der Waals surface area contributed by atoms with Crippen molar-refractivity contribution in [3.8, 4) is 11.5 Å². The van der Waals surface area contributed by atoms with Crippen molar-refractivity contribution in [3.63, 3.8) is 0 Å². The van der Waals surface area contributed by atoms with Gasteiger partial charge in [0.25, 0.3) is 0 Å². The van der Waals surface area contributed by atoms with E-state index in [0.29, 0.717) is 37.8 Å². The Balaban J connectivity index is 1.77. The molecule has 0 saturated carbocycles. The minimum absolute atomic E-state index is 0.0316. The smallest absolute Gasteiger partial charge is 0.249 e. The van der Waals surface area contributed by atoms with Crippen LogP contribution in [0.15, 0.2) is 35.7 Å². The molecule has 2 heterocycles. The Morgan fingerprint density at radius 2 is 1.91 bits per heavy atom. The van der Waals surface area contributed by atoms with Gasteiger partial charge in [-0.15, -0.1) is 11.3 Å². The van der Waals surface area contributed by atoms with Gasteiger partial charge in [-0.3, -0.25) is 9.59 Å². The van der Waals surface area contributed by atoms with Gasteiger partial charge in [-0.25, -0.2) is 0 Å². The Bertz CT molecular complexity index is 902. The Hall–Kier alpha value is -2.62. The normalized spacial score (nSPS) is 15.2. The Morgan fingerprint density at radius 3 is 2.62 bits per heavy atom. The van der Waals surface area contributed by atoms with Gasteiger partial charge in [0.15, 0.2) is 11.5 Å². The number of hydrogen-bond acceptors (Lipinski definition) is 7. The van der Waals surface area contributed by atoms with Crippen LogP contribution in [0.4, 0.5) is 0 Å². The number of para-hydroxylation sites is 2. The van der Waals surface area contributed by atoms with Crippen LogP contribution in [0.25, 0.3) is 0 Å². The predicted octanol–water partition coefficient (Wildman–Crippen LogP) is 2.38. The van der Waals surface area contributed by atoms with E-state index in [0.717, 1.165) is 12.0 Å². The van der Waals surface area contributed by atoms with Crippen LogP contribution in [-0.4, -0.2) is 82.4 Å². The molecule has 0 spiro atoms. The third-order valence-corrected chi connectivity index (χ3v) is 6.39. The van der Waals surface area contributed by atoms with Crippen molar-refractivity contribution in [2.24, 2.45) is 0 Å². The number of nitrogens with zero attached hydrogens (tertiary/aromatic N) is 2. The second kappa shape index (κ2) is 11.8. The maximum atomic E-state index is 13.3. The number of benzene rings is 1. The molecular formula is C23H30N2O6S. The van der Waals surface area contributed by atoms with Crippen molar-refractivity contribution in [2.45, 2.75) is 12.5 Å². The lowest BCUT2D eigenvalue weighted by atomic mass is 10.0. The highest BCUT2D eigenvalue weighted by Gasteiger charge is 2.33. The molecule has 174 valence electrons. The van der Waals surface area contributed by atoms with Crippen molar-refractivity contribution in [1.29, 1.82) is 0 Å². The van der Waals surface area contributed by atoms with E-state index in [-0.39, 0.29) is 31.0 Å². The quantitative estimate of drug-likeness (QED) is 0.510. The van der Waals surface area contributed by atoms with Crippen LogP contribution < -0.4 is 9.47 Å². The fourth-order valence-corrected chi connectivity index (χ4v) is 4.67. The number of ether oxygens (including phenoxy) is 4. The van der Waals surface area contributed by atoms with E-state index in [2.05, 4.69) is 6.07 Å². The zero-order valence-corrected chi connectivity index (χ0v) is 19.6. The standard InChI is InChI=1S/C23H30N2O6S/c1-28-12-11-24(23(27)16-29-2)14-22(26)25-10-8-21-17(9-13-32-21)18(25)15-31-20-7-5-4-6-19(20)30-3/h4-7,9,13,18H,8,10-12,14-16H2,1-3H3. The van der Waals surface area contributed by atoms with Crippen molar-refractivity contribution in [3.05, 3.63) is 46.2 Å². The number of rotatable bonds is 11. The van der Waals surface area contributed by atoms with Crippen LogP contribution in [0.2, 0.25) is 0 Å². The topological polar surface area (TPSA) is 77.5 Å². The monoisotopic (exact) mass is 462 g/mol. The molecule has 0 radical (unpaired) electrons. The third-order valence-electron chi connectivity index (χ3n) is 5.39. The first-order valence-corrected chi connectivity index (χ1v) is 11.3. The first kappa shape index (κ1) is 24.0. The van der Waals surface area contributed by atoms with Gasteiger partial charge in [-0.1, -0.05) is 12.1 Å². The van der Waals surface area contributed by atoms with Crippen LogP contribution in [0, 0.1) is 0 Å². The average molecular weight is 463 g/mol. The molecule has 3 rings (SSSR count). The van der Waals surface area contributed by atoms with Crippen molar-refractivity contribution in [1.82, 2.24) is 9.80 Å². The minimum atomic E-state index is -0.246. The first-order valence-electron chi connectivity index (χ1n) is 10.5. The average Bonchev–Trinajstić information content (AvgIpc) is 3.29. The Labute approximate surface area is 192 Å². The molecule has 1 aliphatic heterocycles. The van der Waals surface area contributed by atoms with Gasteiger partial charge < -0.3 is 28.7 Å². The number of hydrogen-bond donors (Lipinski definition) is 0. The van der Waals surface area contributed by atoms with E-state index in [9.17, 15) is 9.59 Å². The zero-order valence-electron chi connectivity index (χ0n) is 18.7. The van der Waals surface area contributed by atoms with E-state index >= 15 is 0 Å². The summed E-state index contributed by atoms with van der Waals surface area (Å²) in [6.07, 6.45) is 0.786. The molecular weight excluding hydrogens is 432 g/mol. The molecule has 1 unspecified atom stereocenters. The summed E-state index contributed by atoms with van der Waals surface area (Å²) in [7, 11) is 4.62. The second-order valence-electron chi connectivity index (χ2n) is 7.36. The van der Waals surface area contributed by atoms with Crippen molar-refractivity contribution >= 4 is 23.2 Å². The van der Waals surface area contributed by atoms with E-state index in [1.807, 2.05) is 34.5 Å². The zero-order chi connectivity index (χ0) is 22.9. The molecule has 1 aromatic carbocycles. The van der Waals surface area contributed by atoms with E-state index in [4.69, 9.17) is 18.9 Å². The van der Waals surface area contributed by atoms with Gasteiger partial charge in [-0.05, 0) is 35.6 Å². The number of carbonyl (C=O) groups is 2. The lowest BCUT2D eigenvalue weighted by molar-refractivity contribution is -0.145. The van der Waals surface area contributed by atoms with E-state index in [1.165, 1.54) is 16.9 Å². The molecule has 0 aliphatic carbocycles. The fourth-order valence-electron chi connectivity index (χ4n) is 3.74. The van der Waals surface area contributed by atoms with Gasteiger partial charge in [0, 0.05) is 32.2 Å². The van der Waals surface area contributed by atoms with Gasteiger partial charge in [-0.2, -0.15) is 0 Å². The summed E-state index contributed by atoms with van der Waals surface area (Å²) in [5, 5.41) is 2.04. The number of thiophene rings is 1. The first-order chi connectivity index (χ1) is 15.6. The van der Waals surface area contributed by atoms with E-state index in [1.54, 1.807) is 25.6 Å². The number of methoxy groups -OCH3 is 3. The van der Waals surface area contributed by atoms with Gasteiger partial charge >= 0.3 is 0 Å². The molecule has 0 N–H and O–H groups in total. The molecule has 1 aromatic heterocycles. The second-order valence-corrected chi connectivity index (χ2v) is 8.36. The number of fused-ring (bicyclic) bond motifs is 1. The van der Waals surface area contributed by atoms with Crippen LogP contribution in [0.5, 0.6) is 11.5 Å². The van der Waals surface area contributed by atoms with Gasteiger partial charge in [0.2, 0.25) is 11.8 Å². The van der Waals surface area contributed by atoms with Crippen molar-refractivity contribution < 1.29 is 28.5 Å². The highest BCUT2D eigenvalue weighted by molar-refractivity contribution is 7.10. The maximum Gasteiger partial charge on any atom is 0.249 e. The molecule has 2 aromatic rings. The highest BCUT2D eigenvalue weighted by atomic mass is 32.1. The highest BCUT2D eigenvalue weighted by Crippen LogP contribution is 2.35. The SMILES string of the molecule is COCCN(CC(=O)N1CCc2sccc2C1COc1ccccc1OC)C(=O)COC. The Morgan fingerprint density at radius 1 is 1.12 bits per heavy atom. The molecule has 9 heteroatoms. The maximum absolute atomic E-state index is 13.3. The molecule has 8 nitrogen and oxygen atoms in total.